The van der Waals surface area contributed by atoms with Gasteiger partial charge < -0.3 is 5.32 Å². The van der Waals surface area contributed by atoms with Crippen molar-refractivity contribution < 1.29 is 4.79 Å². The lowest BCUT2D eigenvalue weighted by atomic mass is 10.2. The zero-order valence-corrected chi connectivity index (χ0v) is 13.4. The fourth-order valence-electron chi connectivity index (χ4n) is 2.06. The third kappa shape index (κ3) is 3.03. The third-order valence-corrected chi connectivity index (χ3v) is 4.90. The molecule has 1 amide bonds. The van der Waals surface area contributed by atoms with E-state index in [1.165, 1.54) is 6.08 Å². The van der Waals surface area contributed by atoms with Crippen molar-refractivity contribution in [3.8, 4) is 0 Å². The molecule has 3 rings (SSSR count). The van der Waals surface area contributed by atoms with Crippen LogP contribution >= 0.6 is 22.9 Å². The molecule has 3 aromatic rings. The number of halogens is 1. The zero-order valence-electron chi connectivity index (χ0n) is 11.8. The summed E-state index contributed by atoms with van der Waals surface area (Å²) >= 11 is 7.91. The lowest BCUT2D eigenvalue weighted by Gasteiger charge is -2.04. The minimum absolute atomic E-state index is 0.204. The predicted octanol–water partition coefficient (Wildman–Crippen LogP) is 4.91. The number of fused-ring (bicyclic) bond motifs is 1. The van der Waals surface area contributed by atoms with Gasteiger partial charge in [-0.2, -0.15) is 0 Å². The van der Waals surface area contributed by atoms with E-state index in [1.54, 1.807) is 29.8 Å². The second kappa shape index (κ2) is 6.30. The first kappa shape index (κ1) is 14.8. The maximum Gasteiger partial charge on any atom is 0.248 e. The Morgan fingerprint density at radius 2 is 2.14 bits per heavy atom. The van der Waals surface area contributed by atoms with Gasteiger partial charge in [0.15, 0.2) is 0 Å². The lowest BCUT2D eigenvalue weighted by molar-refractivity contribution is -0.111. The van der Waals surface area contributed by atoms with E-state index < -0.39 is 0 Å². The van der Waals surface area contributed by atoms with Gasteiger partial charge in [-0.1, -0.05) is 29.8 Å². The molecule has 3 nitrogen and oxygen atoms in total. The summed E-state index contributed by atoms with van der Waals surface area (Å²) < 4.78 is 1.11. The smallest absolute Gasteiger partial charge is 0.248 e. The number of anilines is 1. The Balaban J connectivity index is 1.79. The second-order valence-electron chi connectivity index (χ2n) is 4.79. The molecule has 22 heavy (non-hydrogen) atoms. The van der Waals surface area contributed by atoms with E-state index in [1.807, 2.05) is 37.3 Å². The number of hydrogen-bond acceptors (Lipinski definition) is 3. The Hall–Kier alpha value is -2.17. The number of pyridine rings is 1. The quantitative estimate of drug-likeness (QED) is 0.694. The van der Waals surface area contributed by atoms with E-state index in [9.17, 15) is 4.79 Å². The standard InChI is InChI=1S/C17H13ClN2OS/c1-11-8-9-19-10-13(11)20-16(21)7-6-15-17(18)12-4-2-3-5-14(12)22-15/h2-10H,1H3,(H,20,21)/b7-6+. The molecule has 0 fully saturated rings. The van der Waals surface area contributed by atoms with Gasteiger partial charge >= 0.3 is 0 Å². The van der Waals surface area contributed by atoms with E-state index in [4.69, 9.17) is 11.6 Å². The van der Waals surface area contributed by atoms with Crippen LogP contribution in [-0.4, -0.2) is 10.9 Å². The number of benzene rings is 1. The van der Waals surface area contributed by atoms with Crippen LogP contribution in [0.1, 0.15) is 10.4 Å². The molecule has 0 aliphatic rings. The molecule has 0 atom stereocenters. The molecule has 2 aromatic heterocycles. The highest BCUT2D eigenvalue weighted by atomic mass is 35.5. The number of hydrogen-bond donors (Lipinski definition) is 1. The molecule has 0 aliphatic carbocycles. The number of thiophene rings is 1. The molecule has 1 N–H and O–H groups in total. The van der Waals surface area contributed by atoms with Crippen LogP contribution in [-0.2, 0) is 4.79 Å². The highest BCUT2D eigenvalue weighted by molar-refractivity contribution is 7.20. The van der Waals surface area contributed by atoms with Crippen molar-refractivity contribution in [3.05, 3.63) is 64.3 Å². The minimum atomic E-state index is -0.204. The molecule has 0 aliphatic heterocycles. The molecule has 1 aromatic carbocycles. The average Bonchev–Trinajstić information content (AvgIpc) is 2.84. The molecule has 2 heterocycles. The highest BCUT2D eigenvalue weighted by Crippen LogP contribution is 2.35. The summed E-state index contributed by atoms with van der Waals surface area (Å²) in [6.07, 6.45) is 6.56. The third-order valence-electron chi connectivity index (χ3n) is 3.24. The Labute approximate surface area is 137 Å². The molecular weight excluding hydrogens is 316 g/mol. The highest BCUT2D eigenvalue weighted by Gasteiger charge is 2.08. The number of carbonyl (C=O) groups excluding carboxylic acids is 1. The number of rotatable bonds is 3. The van der Waals surface area contributed by atoms with E-state index in [0.29, 0.717) is 10.7 Å². The van der Waals surface area contributed by atoms with Gasteiger partial charge in [-0.25, -0.2) is 0 Å². The summed E-state index contributed by atoms with van der Waals surface area (Å²) in [7, 11) is 0. The number of nitrogens with one attached hydrogen (secondary N) is 1. The monoisotopic (exact) mass is 328 g/mol. The molecule has 110 valence electrons. The molecule has 0 saturated carbocycles. The Morgan fingerprint density at radius 1 is 1.32 bits per heavy atom. The fourth-order valence-corrected chi connectivity index (χ4v) is 3.46. The summed E-state index contributed by atoms with van der Waals surface area (Å²) in [5.74, 6) is -0.204. The predicted molar refractivity (Wildman–Crippen MR) is 93.5 cm³/mol. The zero-order chi connectivity index (χ0) is 15.5. The van der Waals surface area contributed by atoms with Crippen LogP contribution in [0.3, 0.4) is 0 Å². The van der Waals surface area contributed by atoms with Gasteiger partial charge in [-0.15, -0.1) is 11.3 Å². The van der Waals surface area contributed by atoms with E-state index in [0.717, 1.165) is 20.5 Å². The number of aromatic nitrogens is 1. The molecular formula is C17H13ClN2OS. The van der Waals surface area contributed by atoms with Gasteiger partial charge in [-0.05, 0) is 30.7 Å². The summed E-state index contributed by atoms with van der Waals surface area (Å²) in [5, 5.41) is 4.50. The first-order valence-corrected chi connectivity index (χ1v) is 7.91. The average molecular weight is 329 g/mol. The van der Waals surface area contributed by atoms with E-state index >= 15 is 0 Å². The van der Waals surface area contributed by atoms with Gasteiger partial charge in [-0.3, -0.25) is 9.78 Å². The van der Waals surface area contributed by atoms with E-state index in [-0.39, 0.29) is 5.91 Å². The van der Waals surface area contributed by atoms with Crippen molar-refractivity contribution in [2.75, 3.05) is 5.32 Å². The molecule has 0 radical (unpaired) electrons. The summed E-state index contributed by atoms with van der Waals surface area (Å²) in [6.45, 7) is 1.92. The van der Waals surface area contributed by atoms with Gasteiger partial charge in [0, 0.05) is 27.2 Å². The van der Waals surface area contributed by atoms with Gasteiger partial charge in [0.1, 0.15) is 0 Å². The topological polar surface area (TPSA) is 42.0 Å². The largest absolute Gasteiger partial charge is 0.321 e. The normalized spacial score (nSPS) is 11.2. The fraction of sp³-hybridized carbons (Fsp3) is 0.0588. The first-order valence-electron chi connectivity index (χ1n) is 6.72. The van der Waals surface area contributed by atoms with Crippen molar-refractivity contribution in [2.24, 2.45) is 0 Å². The lowest BCUT2D eigenvalue weighted by Crippen LogP contribution is -2.09. The van der Waals surface area contributed by atoms with Gasteiger partial charge in [0.2, 0.25) is 5.91 Å². The van der Waals surface area contributed by atoms with Crippen LogP contribution in [0.15, 0.2) is 48.8 Å². The van der Waals surface area contributed by atoms with Crippen LogP contribution in [0, 0.1) is 6.92 Å². The van der Waals surface area contributed by atoms with Crippen molar-refractivity contribution in [1.82, 2.24) is 4.98 Å². The van der Waals surface area contributed by atoms with Gasteiger partial charge in [0.25, 0.3) is 0 Å². The summed E-state index contributed by atoms with van der Waals surface area (Å²) in [5.41, 5.74) is 1.68. The second-order valence-corrected chi connectivity index (χ2v) is 6.25. The maximum absolute atomic E-state index is 12.0. The minimum Gasteiger partial charge on any atom is -0.321 e. The number of aryl methyl sites for hydroxylation is 1. The van der Waals surface area contributed by atoms with Crippen LogP contribution in [0.5, 0.6) is 0 Å². The number of nitrogens with zero attached hydrogens (tertiary/aromatic N) is 1. The Bertz CT molecular complexity index is 870. The summed E-state index contributed by atoms with van der Waals surface area (Å²) in [6, 6.07) is 9.77. The van der Waals surface area contributed by atoms with Crippen LogP contribution < -0.4 is 5.32 Å². The molecule has 5 heteroatoms. The van der Waals surface area contributed by atoms with Crippen molar-refractivity contribution in [1.29, 1.82) is 0 Å². The van der Waals surface area contributed by atoms with Gasteiger partial charge in [0.05, 0.1) is 16.9 Å². The SMILES string of the molecule is Cc1ccncc1NC(=O)/C=C/c1sc2ccccc2c1Cl. The number of carbonyl (C=O) groups is 1. The van der Waals surface area contributed by atoms with Crippen LogP contribution in [0.2, 0.25) is 5.02 Å². The molecule has 0 unspecified atom stereocenters. The number of amides is 1. The van der Waals surface area contributed by atoms with Crippen LogP contribution in [0.4, 0.5) is 5.69 Å². The molecule has 0 saturated heterocycles. The van der Waals surface area contributed by atoms with Crippen LogP contribution in [0.25, 0.3) is 16.2 Å². The van der Waals surface area contributed by atoms with Crippen molar-refractivity contribution in [3.63, 3.8) is 0 Å². The van der Waals surface area contributed by atoms with E-state index in [2.05, 4.69) is 10.3 Å². The maximum atomic E-state index is 12.0. The van der Waals surface area contributed by atoms with Crippen molar-refractivity contribution >= 4 is 50.7 Å². The van der Waals surface area contributed by atoms with Crippen molar-refractivity contribution in [2.45, 2.75) is 6.92 Å². The Morgan fingerprint density at radius 3 is 2.91 bits per heavy atom. The first-order chi connectivity index (χ1) is 10.6. The Kier molecular flexibility index (Phi) is 4.22. The molecule has 0 spiro atoms. The summed E-state index contributed by atoms with van der Waals surface area (Å²) in [4.78, 5) is 16.9. The molecule has 0 bridgehead atoms.